The van der Waals surface area contributed by atoms with Crippen molar-refractivity contribution in [3.05, 3.63) is 55.4 Å². The molecule has 0 saturated carbocycles. The van der Waals surface area contributed by atoms with Gasteiger partial charge in [0.15, 0.2) is 6.61 Å². The van der Waals surface area contributed by atoms with E-state index in [0.717, 1.165) is 4.47 Å². The van der Waals surface area contributed by atoms with Crippen molar-refractivity contribution in [1.29, 1.82) is 0 Å². The van der Waals surface area contributed by atoms with Crippen molar-refractivity contribution in [3.8, 4) is 11.5 Å². The highest BCUT2D eigenvalue weighted by Crippen LogP contribution is 2.28. The minimum atomic E-state index is -0.498. The molecule has 0 radical (unpaired) electrons. The third kappa shape index (κ3) is 7.08. The van der Waals surface area contributed by atoms with Gasteiger partial charge in [-0.3, -0.25) is 20.4 Å². The van der Waals surface area contributed by atoms with Crippen LogP contribution in [0.3, 0.4) is 0 Å². The molecule has 2 amide bonds. The van der Waals surface area contributed by atoms with Gasteiger partial charge in [0.05, 0.1) is 15.6 Å². The second-order valence-corrected chi connectivity index (χ2v) is 7.98. The van der Waals surface area contributed by atoms with E-state index >= 15 is 0 Å². The Morgan fingerprint density at radius 3 is 2.25 bits per heavy atom. The zero-order valence-corrected chi connectivity index (χ0v) is 19.5. The number of carbonyl (C=O) groups is 2. The van der Waals surface area contributed by atoms with E-state index in [4.69, 9.17) is 14.2 Å². The van der Waals surface area contributed by atoms with Gasteiger partial charge in [-0.15, -0.1) is 0 Å². The summed E-state index contributed by atoms with van der Waals surface area (Å²) in [7, 11) is 1.59. The summed E-state index contributed by atoms with van der Waals surface area (Å²) >= 11 is 10.0. The van der Waals surface area contributed by atoms with Gasteiger partial charge in [0.25, 0.3) is 11.8 Å². The van der Waals surface area contributed by atoms with Crippen LogP contribution in [-0.4, -0.2) is 38.7 Å². The van der Waals surface area contributed by atoms with Gasteiger partial charge in [-0.2, -0.15) is 0 Å². The SMILES string of the molecule is COCCOc1ccc(C(=O)NNC(=O)COc2ccc(Br)cc2Br)cc1Br. The Balaban J connectivity index is 1.82. The van der Waals surface area contributed by atoms with E-state index in [1.807, 2.05) is 0 Å². The molecule has 2 rings (SSSR count). The molecular formula is C18H17Br3N2O5. The number of hydrogen-bond acceptors (Lipinski definition) is 5. The molecule has 0 aliphatic carbocycles. The van der Waals surface area contributed by atoms with E-state index in [2.05, 4.69) is 58.6 Å². The van der Waals surface area contributed by atoms with Crippen LogP contribution in [0.15, 0.2) is 49.8 Å². The van der Waals surface area contributed by atoms with Crippen molar-refractivity contribution < 1.29 is 23.8 Å². The Hall–Kier alpha value is -1.62. The fraction of sp³-hybridized carbons (Fsp3) is 0.222. The molecule has 0 aromatic heterocycles. The molecule has 0 aliphatic rings. The zero-order chi connectivity index (χ0) is 20.5. The standard InChI is InChI=1S/C18H17Br3N2O5/c1-26-6-7-27-15-4-2-11(8-13(15)20)18(25)23-22-17(24)10-28-16-5-3-12(19)9-14(16)21/h2-5,8-9H,6-7,10H2,1H3,(H,22,24)(H,23,25). The summed E-state index contributed by atoms with van der Waals surface area (Å²) in [4.78, 5) is 24.1. The van der Waals surface area contributed by atoms with Crippen LogP contribution in [0, 0.1) is 0 Å². The predicted molar refractivity (Wildman–Crippen MR) is 114 cm³/mol. The van der Waals surface area contributed by atoms with E-state index in [0.29, 0.717) is 39.2 Å². The molecule has 2 N–H and O–H groups in total. The number of methoxy groups -OCH3 is 1. The lowest BCUT2D eigenvalue weighted by Gasteiger charge is -2.11. The molecule has 0 aliphatic heterocycles. The van der Waals surface area contributed by atoms with Crippen LogP contribution in [0.1, 0.15) is 10.4 Å². The maximum absolute atomic E-state index is 12.2. The van der Waals surface area contributed by atoms with Crippen molar-refractivity contribution in [2.45, 2.75) is 0 Å². The number of hydrogen-bond donors (Lipinski definition) is 2. The summed E-state index contributed by atoms with van der Waals surface area (Å²) < 4.78 is 18.0. The molecule has 28 heavy (non-hydrogen) atoms. The number of nitrogens with one attached hydrogen (secondary N) is 2. The van der Waals surface area contributed by atoms with E-state index < -0.39 is 11.8 Å². The molecule has 150 valence electrons. The molecule has 10 heteroatoms. The largest absolute Gasteiger partial charge is 0.490 e. The first-order valence-corrected chi connectivity index (χ1v) is 10.4. The van der Waals surface area contributed by atoms with Crippen LogP contribution < -0.4 is 20.3 Å². The Kier molecular flexibility index (Phi) is 9.23. The van der Waals surface area contributed by atoms with Gasteiger partial charge in [0, 0.05) is 17.1 Å². The van der Waals surface area contributed by atoms with Crippen molar-refractivity contribution >= 4 is 59.6 Å². The van der Waals surface area contributed by atoms with Crippen LogP contribution in [0.2, 0.25) is 0 Å². The molecule has 0 heterocycles. The predicted octanol–water partition coefficient (Wildman–Crippen LogP) is 3.84. The molecule has 0 spiro atoms. The lowest BCUT2D eigenvalue weighted by atomic mass is 10.2. The molecule has 0 unspecified atom stereocenters. The van der Waals surface area contributed by atoms with E-state index in [9.17, 15) is 9.59 Å². The molecule has 2 aromatic rings. The van der Waals surface area contributed by atoms with Gasteiger partial charge in [-0.25, -0.2) is 0 Å². The Morgan fingerprint density at radius 1 is 0.893 bits per heavy atom. The second-order valence-electron chi connectivity index (χ2n) is 5.35. The molecule has 0 saturated heterocycles. The summed E-state index contributed by atoms with van der Waals surface area (Å²) in [5, 5.41) is 0. The van der Waals surface area contributed by atoms with Gasteiger partial charge in [-0.1, -0.05) is 15.9 Å². The summed E-state index contributed by atoms with van der Waals surface area (Å²) in [6, 6.07) is 10.1. The van der Waals surface area contributed by atoms with Crippen LogP contribution in [0.25, 0.3) is 0 Å². The van der Waals surface area contributed by atoms with Crippen molar-refractivity contribution in [1.82, 2.24) is 10.9 Å². The van der Waals surface area contributed by atoms with Crippen LogP contribution in [-0.2, 0) is 9.53 Å². The van der Waals surface area contributed by atoms with Gasteiger partial charge in [-0.05, 0) is 68.3 Å². The van der Waals surface area contributed by atoms with Gasteiger partial charge in [0.2, 0.25) is 0 Å². The minimum absolute atomic E-state index is 0.253. The highest BCUT2D eigenvalue weighted by molar-refractivity contribution is 9.11. The number of hydrazine groups is 1. The first-order valence-electron chi connectivity index (χ1n) is 7.99. The fourth-order valence-electron chi connectivity index (χ4n) is 1.96. The number of amides is 2. The average Bonchev–Trinajstić information content (AvgIpc) is 2.66. The van der Waals surface area contributed by atoms with Gasteiger partial charge in [0.1, 0.15) is 18.1 Å². The highest BCUT2D eigenvalue weighted by Gasteiger charge is 2.11. The summed E-state index contributed by atoms with van der Waals surface area (Å²) in [5.74, 6) is 0.132. The number of ether oxygens (including phenoxy) is 3. The highest BCUT2D eigenvalue weighted by atomic mass is 79.9. The normalized spacial score (nSPS) is 10.3. The lowest BCUT2D eigenvalue weighted by Crippen LogP contribution is -2.43. The number of rotatable bonds is 8. The van der Waals surface area contributed by atoms with Crippen molar-refractivity contribution in [3.63, 3.8) is 0 Å². The summed E-state index contributed by atoms with van der Waals surface area (Å²) in [6.07, 6.45) is 0. The topological polar surface area (TPSA) is 85.9 Å². The molecule has 2 aromatic carbocycles. The number of halogens is 3. The van der Waals surface area contributed by atoms with Crippen LogP contribution >= 0.6 is 47.8 Å². The summed E-state index contributed by atoms with van der Waals surface area (Å²) in [6.45, 7) is 0.598. The average molecular weight is 581 g/mol. The van der Waals surface area contributed by atoms with Crippen LogP contribution in [0.5, 0.6) is 11.5 Å². The third-order valence-corrected chi connectivity index (χ3v) is 5.04. The molecule has 0 atom stereocenters. The van der Waals surface area contributed by atoms with E-state index in [1.54, 1.807) is 43.5 Å². The number of carbonyl (C=O) groups excluding carboxylic acids is 2. The molecule has 7 nitrogen and oxygen atoms in total. The maximum atomic E-state index is 12.2. The number of benzene rings is 2. The van der Waals surface area contributed by atoms with E-state index in [1.165, 1.54) is 0 Å². The Bertz CT molecular complexity index is 848. The smallest absolute Gasteiger partial charge is 0.276 e. The summed E-state index contributed by atoms with van der Waals surface area (Å²) in [5.41, 5.74) is 5.00. The first-order chi connectivity index (χ1) is 13.4. The van der Waals surface area contributed by atoms with Crippen molar-refractivity contribution in [2.24, 2.45) is 0 Å². The second kappa shape index (κ2) is 11.4. The fourth-order valence-corrected chi connectivity index (χ4v) is 3.62. The lowest BCUT2D eigenvalue weighted by molar-refractivity contribution is -0.123. The molecular weight excluding hydrogens is 564 g/mol. The quantitative estimate of drug-likeness (QED) is 0.366. The van der Waals surface area contributed by atoms with E-state index in [-0.39, 0.29) is 6.61 Å². The van der Waals surface area contributed by atoms with Gasteiger partial charge >= 0.3 is 0 Å². The molecule has 0 bridgehead atoms. The maximum Gasteiger partial charge on any atom is 0.276 e. The Morgan fingerprint density at radius 2 is 1.57 bits per heavy atom. The third-order valence-electron chi connectivity index (χ3n) is 3.31. The van der Waals surface area contributed by atoms with Crippen molar-refractivity contribution in [2.75, 3.05) is 26.9 Å². The van der Waals surface area contributed by atoms with Crippen LogP contribution in [0.4, 0.5) is 0 Å². The molecule has 0 fully saturated rings. The Labute approximate surface area is 187 Å². The first kappa shape index (κ1) is 22.7. The monoisotopic (exact) mass is 578 g/mol. The van der Waals surface area contributed by atoms with Gasteiger partial charge < -0.3 is 14.2 Å². The minimum Gasteiger partial charge on any atom is -0.490 e. The zero-order valence-electron chi connectivity index (χ0n) is 14.8.